The van der Waals surface area contributed by atoms with Gasteiger partial charge in [-0.25, -0.2) is 0 Å². The molecule has 0 aromatic heterocycles. The fourth-order valence-corrected chi connectivity index (χ4v) is 9.12. The van der Waals surface area contributed by atoms with Crippen LogP contribution >= 0.6 is 0 Å². The van der Waals surface area contributed by atoms with Crippen LogP contribution in [0, 0.1) is 0 Å². The molecule has 0 saturated heterocycles. The molecule has 1 spiro atoms. The van der Waals surface area contributed by atoms with Crippen LogP contribution in [0.15, 0.2) is 224 Å². The maximum absolute atomic E-state index is 6.63. The molecule has 0 N–H and O–H groups in total. The van der Waals surface area contributed by atoms with Gasteiger partial charge in [0.25, 0.3) is 0 Å². The largest absolute Gasteiger partial charge is 0.457 e. The van der Waals surface area contributed by atoms with E-state index < -0.39 is 5.41 Å². The number of nitrogens with zero attached hydrogens (tertiary/aromatic N) is 1. The number of hydrogen-bond acceptors (Lipinski definition) is 2. The molecule has 0 fully saturated rings. The van der Waals surface area contributed by atoms with Crippen molar-refractivity contribution in [1.82, 2.24) is 0 Å². The Balaban J connectivity index is 1.15. The summed E-state index contributed by atoms with van der Waals surface area (Å²) in [7, 11) is 0. The Hall–Kier alpha value is -7.16. The van der Waals surface area contributed by atoms with E-state index in [1.807, 2.05) is 0 Å². The van der Waals surface area contributed by atoms with E-state index in [4.69, 9.17) is 4.74 Å². The van der Waals surface area contributed by atoms with Gasteiger partial charge in [-0.15, -0.1) is 0 Å². The lowest BCUT2D eigenvalue weighted by molar-refractivity contribution is 0.388. The zero-order valence-electron chi connectivity index (χ0n) is 32.1. The molecule has 2 aliphatic rings. The smallest absolute Gasteiger partial charge is 0.132 e. The first kappa shape index (κ1) is 34.3. The van der Waals surface area contributed by atoms with Crippen molar-refractivity contribution in [1.29, 1.82) is 0 Å². The third-order valence-electron chi connectivity index (χ3n) is 11.7. The van der Waals surface area contributed by atoms with E-state index in [1.165, 1.54) is 55.6 Å². The molecule has 8 aromatic rings. The molecule has 2 heteroatoms. The van der Waals surface area contributed by atoms with Gasteiger partial charge in [-0.3, -0.25) is 0 Å². The third-order valence-corrected chi connectivity index (χ3v) is 11.7. The van der Waals surface area contributed by atoms with Gasteiger partial charge in [0.15, 0.2) is 0 Å². The second-order valence-corrected chi connectivity index (χ2v) is 14.7. The molecule has 0 amide bonds. The van der Waals surface area contributed by atoms with Gasteiger partial charge in [0.1, 0.15) is 11.5 Å². The average molecular weight is 732 g/mol. The maximum atomic E-state index is 6.63. The molecule has 8 aromatic carbocycles. The first-order valence-electron chi connectivity index (χ1n) is 19.7. The summed E-state index contributed by atoms with van der Waals surface area (Å²) < 4.78 is 6.63. The van der Waals surface area contributed by atoms with E-state index in [1.54, 1.807) is 0 Å². The minimum atomic E-state index is -0.552. The SMILES string of the molecule is C/C=C1\C(=C/C)Oc2ccccc2C12c1ccccc1-c1ccc(N(c3ccc(-c4ccccc4)cc3)c3ccc(-c4cccc(-c5ccccc5)c4)cc3)cc12. The molecule has 57 heavy (non-hydrogen) atoms. The van der Waals surface area contributed by atoms with Crippen molar-refractivity contribution in [3.8, 4) is 50.3 Å². The van der Waals surface area contributed by atoms with Crippen LogP contribution in [0.2, 0.25) is 0 Å². The van der Waals surface area contributed by atoms with E-state index >= 15 is 0 Å². The van der Waals surface area contributed by atoms with Crippen LogP contribution in [-0.4, -0.2) is 0 Å². The van der Waals surface area contributed by atoms with Gasteiger partial charge < -0.3 is 9.64 Å². The molecule has 0 saturated carbocycles. The van der Waals surface area contributed by atoms with Gasteiger partial charge in [0.05, 0.1) is 5.41 Å². The van der Waals surface area contributed by atoms with E-state index in [-0.39, 0.29) is 0 Å². The van der Waals surface area contributed by atoms with Crippen LogP contribution in [-0.2, 0) is 5.41 Å². The van der Waals surface area contributed by atoms with Gasteiger partial charge in [0.2, 0.25) is 0 Å². The Kier molecular flexibility index (Phi) is 8.53. The Morgan fingerprint density at radius 3 is 1.51 bits per heavy atom. The minimum absolute atomic E-state index is 0.552. The van der Waals surface area contributed by atoms with Crippen molar-refractivity contribution in [3.63, 3.8) is 0 Å². The summed E-state index contributed by atoms with van der Waals surface area (Å²) in [6.45, 7) is 4.21. The minimum Gasteiger partial charge on any atom is -0.457 e. The average Bonchev–Trinajstić information content (AvgIpc) is 3.57. The van der Waals surface area contributed by atoms with Gasteiger partial charge in [-0.2, -0.15) is 0 Å². The van der Waals surface area contributed by atoms with Crippen LogP contribution in [0.1, 0.15) is 30.5 Å². The second-order valence-electron chi connectivity index (χ2n) is 14.7. The van der Waals surface area contributed by atoms with Crippen LogP contribution in [0.4, 0.5) is 17.1 Å². The number of rotatable bonds is 6. The first-order valence-corrected chi connectivity index (χ1v) is 19.7. The Morgan fingerprint density at radius 2 is 0.877 bits per heavy atom. The molecule has 10 rings (SSSR count). The fraction of sp³-hybridized carbons (Fsp3) is 0.0545. The van der Waals surface area contributed by atoms with Crippen LogP contribution in [0.3, 0.4) is 0 Å². The Bertz CT molecular complexity index is 2820. The predicted molar refractivity (Wildman–Crippen MR) is 237 cm³/mol. The number of anilines is 3. The normalized spacial score (nSPS) is 16.5. The molecule has 2 nitrogen and oxygen atoms in total. The number of allylic oxidation sites excluding steroid dienone is 3. The molecule has 1 aliphatic heterocycles. The number of ether oxygens (including phenoxy) is 1. The summed E-state index contributed by atoms with van der Waals surface area (Å²) in [6.07, 6.45) is 4.35. The summed E-state index contributed by atoms with van der Waals surface area (Å²) in [5.74, 6) is 1.79. The Morgan fingerprint density at radius 1 is 0.386 bits per heavy atom. The second kappa shape index (κ2) is 14.2. The molecule has 0 bridgehead atoms. The van der Waals surface area contributed by atoms with E-state index in [2.05, 4.69) is 231 Å². The third kappa shape index (κ3) is 5.64. The first-order chi connectivity index (χ1) is 28.2. The van der Waals surface area contributed by atoms with Gasteiger partial charge in [0, 0.05) is 28.2 Å². The lowest BCUT2D eigenvalue weighted by Crippen LogP contribution is -2.35. The zero-order valence-corrected chi connectivity index (χ0v) is 32.1. The predicted octanol–water partition coefficient (Wildman–Crippen LogP) is 14.7. The van der Waals surface area contributed by atoms with Crippen LogP contribution in [0.5, 0.6) is 5.75 Å². The highest BCUT2D eigenvalue weighted by molar-refractivity contribution is 5.91. The molecule has 1 heterocycles. The standard InChI is InChI=1S/C55H41NO/c1-3-49-53(4-2)57-54-25-14-13-24-51(54)55(49)50-23-12-11-22-47(50)48-35-34-46(37-52(48)55)56(44-30-26-40(27-31-44)38-16-7-5-8-17-38)45-32-28-41(29-33-45)43-21-15-20-42(36-43)39-18-9-6-10-19-39/h3-37H,1-2H3/b49-3+,53-4+. The lowest BCUT2D eigenvalue weighted by Gasteiger charge is -2.41. The van der Waals surface area contributed by atoms with Crippen molar-refractivity contribution in [2.45, 2.75) is 19.3 Å². The monoisotopic (exact) mass is 731 g/mol. The highest BCUT2D eigenvalue weighted by atomic mass is 16.5. The number of fused-ring (bicyclic) bond motifs is 7. The van der Waals surface area contributed by atoms with Crippen LogP contribution in [0.25, 0.3) is 44.5 Å². The molecule has 0 radical (unpaired) electrons. The summed E-state index contributed by atoms with van der Waals surface area (Å²) in [6, 6.07) is 72.5. The lowest BCUT2D eigenvalue weighted by atomic mass is 9.65. The van der Waals surface area contributed by atoms with Crippen molar-refractivity contribution < 1.29 is 4.74 Å². The van der Waals surface area contributed by atoms with E-state index in [0.717, 1.165) is 39.7 Å². The molecule has 1 aliphatic carbocycles. The van der Waals surface area contributed by atoms with Crippen molar-refractivity contribution in [2.75, 3.05) is 4.90 Å². The van der Waals surface area contributed by atoms with Gasteiger partial charge in [-0.05, 0) is 124 Å². The number of para-hydroxylation sites is 1. The van der Waals surface area contributed by atoms with Crippen molar-refractivity contribution >= 4 is 17.1 Å². The van der Waals surface area contributed by atoms with Gasteiger partial charge >= 0.3 is 0 Å². The highest BCUT2D eigenvalue weighted by Gasteiger charge is 2.52. The summed E-state index contributed by atoms with van der Waals surface area (Å²) >= 11 is 0. The topological polar surface area (TPSA) is 12.5 Å². The highest BCUT2D eigenvalue weighted by Crippen LogP contribution is 2.62. The maximum Gasteiger partial charge on any atom is 0.132 e. The van der Waals surface area contributed by atoms with E-state index in [0.29, 0.717) is 0 Å². The summed E-state index contributed by atoms with van der Waals surface area (Å²) in [4.78, 5) is 2.40. The van der Waals surface area contributed by atoms with Crippen LogP contribution < -0.4 is 9.64 Å². The van der Waals surface area contributed by atoms with Crippen molar-refractivity contribution in [3.05, 3.63) is 240 Å². The van der Waals surface area contributed by atoms with E-state index in [9.17, 15) is 0 Å². The number of benzene rings is 8. The molecule has 1 unspecified atom stereocenters. The molecule has 272 valence electrons. The fourth-order valence-electron chi connectivity index (χ4n) is 9.12. The molecular formula is C55H41NO. The molecule has 1 atom stereocenters. The zero-order chi connectivity index (χ0) is 38.3. The number of hydrogen-bond donors (Lipinski definition) is 0. The Labute approximate surface area is 335 Å². The molecular weight excluding hydrogens is 691 g/mol. The van der Waals surface area contributed by atoms with Crippen molar-refractivity contribution in [2.24, 2.45) is 0 Å². The van der Waals surface area contributed by atoms with Gasteiger partial charge in [-0.1, -0.05) is 158 Å². The summed E-state index contributed by atoms with van der Waals surface area (Å²) in [5, 5.41) is 0. The quantitative estimate of drug-likeness (QED) is 0.169. The summed E-state index contributed by atoms with van der Waals surface area (Å²) in [5.41, 5.74) is 17.2.